The molecule has 2 aliphatic rings. The molecule has 0 unspecified atom stereocenters. The minimum atomic E-state index is 0.379. The van der Waals surface area contributed by atoms with Crippen LogP contribution in [0, 0.1) is 45.8 Å². The van der Waals surface area contributed by atoms with Crippen molar-refractivity contribution in [2.75, 3.05) is 0 Å². The number of nitriles is 2. The smallest absolute Gasteiger partial charge is 0.129 e. The van der Waals surface area contributed by atoms with Crippen LogP contribution in [0.3, 0.4) is 0 Å². The summed E-state index contributed by atoms with van der Waals surface area (Å²) in [7, 11) is 0. The van der Waals surface area contributed by atoms with Crippen molar-refractivity contribution in [1.29, 1.82) is 10.5 Å². The summed E-state index contributed by atoms with van der Waals surface area (Å²) in [5.41, 5.74) is 1.89. The van der Waals surface area contributed by atoms with Crippen LogP contribution in [0.1, 0.15) is 33.6 Å². The summed E-state index contributed by atoms with van der Waals surface area (Å²) in [4.78, 5) is 0. The van der Waals surface area contributed by atoms with E-state index in [0.717, 1.165) is 12.0 Å². The molecule has 2 saturated carbocycles. The topological polar surface area (TPSA) is 47.6 Å². The molecule has 0 radical (unpaired) electrons. The van der Waals surface area contributed by atoms with E-state index in [1.165, 1.54) is 6.42 Å². The number of fused-ring (bicyclic) bond motifs is 2. The van der Waals surface area contributed by atoms with Crippen molar-refractivity contribution < 1.29 is 0 Å². The largest absolute Gasteiger partial charge is 0.192 e. The highest BCUT2D eigenvalue weighted by atomic mass is 14.6. The van der Waals surface area contributed by atoms with Gasteiger partial charge in [0.25, 0.3) is 0 Å². The lowest BCUT2D eigenvalue weighted by Crippen LogP contribution is -2.29. The molecule has 0 N–H and O–H groups in total. The van der Waals surface area contributed by atoms with E-state index in [9.17, 15) is 0 Å². The van der Waals surface area contributed by atoms with E-state index in [4.69, 9.17) is 10.5 Å². The van der Waals surface area contributed by atoms with Crippen molar-refractivity contribution in [3.63, 3.8) is 0 Å². The second-order valence-electron chi connectivity index (χ2n) is 5.48. The first-order valence-electron chi connectivity index (χ1n) is 5.55. The number of rotatable bonds is 0. The molecule has 0 amide bonds. The monoisotopic (exact) mass is 200 g/mol. The van der Waals surface area contributed by atoms with Crippen LogP contribution in [0.5, 0.6) is 0 Å². The summed E-state index contributed by atoms with van der Waals surface area (Å²) in [5.74, 6) is 1.76. The molecule has 0 aromatic heterocycles. The molecule has 0 spiro atoms. The second kappa shape index (κ2) is 3.11. The van der Waals surface area contributed by atoms with Crippen LogP contribution < -0.4 is 0 Å². The molecule has 2 bridgehead atoms. The first-order valence-corrected chi connectivity index (χ1v) is 5.55. The van der Waals surface area contributed by atoms with Crippen LogP contribution in [-0.2, 0) is 0 Å². The molecule has 0 aliphatic heterocycles. The Hall–Kier alpha value is -1.28. The predicted octanol–water partition coefficient (Wildman–Crippen LogP) is 3.03. The fourth-order valence-electron chi connectivity index (χ4n) is 3.37. The van der Waals surface area contributed by atoms with Gasteiger partial charge in [-0.25, -0.2) is 0 Å². The molecule has 2 heteroatoms. The Kier molecular flexibility index (Phi) is 2.12. The second-order valence-corrected chi connectivity index (χ2v) is 5.48. The Morgan fingerprint density at radius 1 is 1.33 bits per heavy atom. The van der Waals surface area contributed by atoms with Gasteiger partial charge >= 0.3 is 0 Å². The van der Waals surface area contributed by atoms with Gasteiger partial charge in [0, 0.05) is 0 Å². The van der Waals surface area contributed by atoms with Gasteiger partial charge in [-0.05, 0) is 41.6 Å². The fourth-order valence-corrected chi connectivity index (χ4v) is 3.37. The van der Waals surface area contributed by atoms with Gasteiger partial charge in [0.2, 0.25) is 0 Å². The van der Waals surface area contributed by atoms with E-state index in [0.29, 0.717) is 28.7 Å². The molecule has 0 aromatic carbocycles. The van der Waals surface area contributed by atoms with E-state index in [1.54, 1.807) is 0 Å². The Morgan fingerprint density at radius 2 is 1.93 bits per heavy atom. The average Bonchev–Trinajstić information content (AvgIpc) is 2.70. The highest BCUT2D eigenvalue weighted by Crippen LogP contribution is 2.61. The lowest BCUT2D eigenvalue weighted by molar-refractivity contribution is 0.164. The van der Waals surface area contributed by atoms with Crippen molar-refractivity contribution in [2.45, 2.75) is 33.6 Å². The minimum absolute atomic E-state index is 0.379. The third-order valence-electron chi connectivity index (χ3n) is 4.83. The third-order valence-corrected chi connectivity index (χ3v) is 4.83. The van der Waals surface area contributed by atoms with E-state index in [2.05, 4.69) is 20.8 Å². The van der Waals surface area contributed by atoms with Gasteiger partial charge in [0.05, 0.1) is 0 Å². The molecule has 2 fully saturated rings. The maximum Gasteiger partial charge on any atom is 0.129 e. The van der Waals surface area contributed by atoms with E-state index in [1.807, 2.05) is 12.1 Å². The maximum absolute atomic E-state index is 8.90. The van der Waals surface area contributed by atoms with Gasteiger partial charge in [0.15, 0.2) is 0 Å². The van der Waals surface area contributed by atoms with Gasteiger partial charge in [-0.3, -0.25) is 0 Å². The number of nitrogens with zero attached hydrogens (tertiary/aromatic N) is 2. The standard InChI is InChI=1S/C13H16N2/c1-8-11-4-10(13(8,2)3)5-12(11)9(6-14)7-15/h8,10-11H,4-5H2,1-3H3/t8-,10+,11+/m0/s1. The Morgan fingerprint density at radius 3 is 2.33 bits per heavy atom. The lowest BCUT2D eigenvalue weighted by atomic mass is 9.67. The van der Waals surface area contributed by atoms with Gasteiger partial charge in [-0.2, -0.15) is 10.5 Å². The lowest BCUT2D eigenvalue weighted by Gasteiger charge is -2.37. The Labute approximate surface area is 91.2 Å². The van der Waals surface area contributed by atoms with Crippen LogP contribution in [0.4, 0.5) is 0 Å². The summed E-state index contributed by atoms with van der Waals surface area (Å²) in [6, 6.07) is 4.09. The number of allylic oxidation sites excluding steroid dienone is 2. The molecule has 15 heavy (non-hydrogen) atoms. The SMILES string of the molecule is C[C@H]1[C@H]2C[C@H](CC2=C(C#N)C#N)C1(C)C. The first kappa shape index (κ1) is 10.2. The van der Waals surface area contributed by atoms with Gasteiger partial charge in [-0.15, -0.1) is 0 Å². The van der Waals surface area contributed by atoms with E-state index < -0.39 is 0 Å². The van der Waals surface area contributed by atoms with Crippen molar-refractivity contribution in [3.8, 4) is 12.1 Å². The fraction of sp³-hybridized carbons (Fsp3) is 0.692. The molecule has 2 rings (SSSR count). The van der Waals surface area contributed by atoms with Gasteiger partial charge in [0.1, 0.15) is 17.7 Å². The minimum Gasteiger partial charge on any atom is -0.192 e. The summed E-state index contributed by atoms with van der Waals surface area (Å²) < 4.78 is 0. The Balaban J connectivity index is 2.40. The van der Waals surface area contributed by atoms with Gasteiger partial charge in [-0.1, -0.05) is 20.8 Å². The molecule has 2 aliphatic carbocycles. The summed E-state index contributed by atoms with van der Waals surface area (Å²) >= 11 is 0. The number of hydrogen-bond donors (Lipinski definition) is 0. The van der Waals surface area contributed by atoms with Crippen molar-refractivity contribution in [3.05, 3.63) is 11.1 Å². The highest BCUT2D eigenvalue weighted by molar-refractivity contribution is 5.44. The zero-order chi connectivity index (χ0) is 11.2. The molecule has 2 nitrogen and oxygen atoms in total. The zero-order valence-electron chi connectivity index (χ0n) is 9.54. The zero-order valence-corrected chi connectivity index (χ0v) is 9.54. The average molecular weight is 200 g/mol. The third kappa shape index (κ3) is 1.21. The molecular weight excluding hydrogens is 184 g/mol. The maximum atomic E-state index is 8.90. The summed E-state index contributed by atoms with van der Waals surface area (Å²) in [5, 5.41) is 17.8. The van der Waals surface area contributed by atoms with Crippen LogP contribution in [0.15, 0.2) is 11.1 Å². The van der Waals surface area contributed by atoms with Crippen molar-refractivity contribution in [1.82, 2.24) is 0 Å². The summed E-state index contributed by atoms with van der Waals surface area (Å²) in [6.45, 7) is 6.89. The highest BCUT2D eigenvalue weighted by Gasteiger charge is 2.53. The van der Waals surface area contributed by atoms with Gasteiger partial charge < -0.3 is 0 Å². The van der Waals surface area contributed by atoms with E-state index >= 15 is 0 Å². The number of hydrogen-bond acceptors (Lipinski definition) is 2. The molecule has 78 valence electrons. The molecule has 0 heterocycles. The van der Waals surface area contributed by atoms with Crippen LogP contribution in [0.2, 0.25) is 0 Å². The Bertz CT molecular complexity index is 383. The molecular formula is C13H16N2. The van der Waals surface area contributed by atoms with Crippen LogP contribution >= 0.6 is 0 Å². The summed E-state index contributed by atoms with van der Waals surface area (Å²) in [6.07, 6.45) is 2.15. The van der Waals surface area contributed by atoms with Crippen molar-refractivity contribution in [2.24, 2.45) is 23.2 Å². The molecule has 0 aromatic rings. The van der Waals surface area contributed by atoms with E-state index in [-0.39, 0.29) is 0 Å². The van der Waals surface area contributed by atoms with Crippen LogP contribution in [0.25, 0.3) is 0 Å². The molecule has 3 atom stereocenters. The van der Waals surface area contributed by atoms with Crippen LogP contribution in [-0.4, -0.2) is 0 Å². The predicted molar refractivity (Wildman–Crippen MR) is 57.4 cm³/mol. The first-order chi connectivity index (χ1) is 7.02. The normalized spacial score (nSPS) is 36.1. The van der Waals surface area contributed by atoms with Crippen molar-refractivity contribution >= 4 is 0 Å². The molecule has 0 saturated heterocycles. The quantitative estimate of drug-likeness (QED) is 0.564.